The van der Waals surface area contributed by atoms with E-state index < -0.39 is 144 Å². The molecule has 28 nitrogen and oxygen atoms in total. The van der Waals surface area contributed by atoms with Crippen LogP contribution >= 0.6 is 0 Å². The SMILES string of the molecule is CC(C)(C)OC(=O)N[C@H](CC(=O)OCc1ccccc1)C(=O)N1Cc2ccc(cc2)CN(C(=O)[C@@H](CC(=O)OCc2ccccc2)NC(=O)OC(C)(C)C)Cc2ccc(cc2)CN(C(=O)[C@@H](CC(=O)OCc2ccccc2)NC(=O)OC(C)(C)C)Cc2ccc(cc2)CN(C(=O)[C@@H](CC(=O)OCc2ccccc2)NC(=O)OC(C)(C)C)Cc2ccc(cc2)C1. The van der Waals surface area contributed by atoms with E-state index in [9.17, 15) is 38.4 Å². The molecule has 0 fully saturated rings. The van der Waals surface area contributed by atoms with Crippen LogP contribution in [0.25, 0.3) is 0 Å². The molecule has 4 atom stereocenters. The lowest BCUT2D eigenvalue weighted by Gasteiger charge is -2.30. The molecule has 0 aliphatic carbocycles. The highest BCUT2D eigenvalue weighted by Crippen LogP contribution is 2.26. The number of benzene rings is 8. The van der Waals surface area contributed by atoms with E-state index in [0.29, 0.717) is 66.8 Å². The first-order valence-electron chi connectivity index (χ1n) is 41.0. The van der Waals surface area contributed by atoms with Crippen molar-refractivity contribution >= 4 is 71.9 Å². The second-order valence-electron chi connectivity index (χ2n) is 34.2. The molecule has 0 saturated heterocycles. The molecule has 8 bridgehead atoms. The number of rotatable bonds is 24. The van der Waals surface area contributed by atoms with Gasteiger partial charge in [0.05, 0.1) is 25.7 Å². The van der Waals surface area contributed by atoms with Crippen LogP contribution in [0.5, 0.6) is 0 Å². The molecule has 4 N–H and O–H groups in total. The van der Waals surface area contributed by atoms with Crippen molar-refractivity contribution in [2.45, 2.75) is 234 Å². The molecule has 0 radical (unpaired) electrons. The molecule has 0 unspecified atom stereocenters. The molecule has 7 aliphatic heterocycles. The van der Waals surface area contributed by atoms with Gasteiger partial charge in [-0.1, -0.05) is 218 Å². The molecule has 7 heterocycles. The van der Waals surface area contributed by atoms with Crippen molar-refractivity contribution in [3.8, 4) is 0 Å². The Morgan fingerprint density at radius 1 is 0.242 bits per heavy atom. The zero-order valence-electron chi connectivity index (χ0n) is 72.4. The Labute approximate surface area is 723 Å². The number of hydrogen-bond donors (Lipinski definition) is 4. The number of nitrogens with one attached hydrogen (secondary N) is 4. The van der Waals surface area contributed by atoms with Crippen LogP contribution in [0.4, 0.5) is 19.2 Å². The van der Waals surface area contributed by atoms with E-state index in [4.69, 9.17) is 37.9 Å². The highest BCUT2D eigenvalue weighted by atomic mass is 16.6. The van der Waals surface area contributed by atoms with Crippen molar-refractivity contribution in [2.75, 3.05) is 0 Å². The first-order valence-corrected chi connectivity index (χ1v) is 41.0. The topological polar surface area (TPSA) is 340 Å². The fourth-order valence-electron chi connectivity index (χ4n) is 12.9. The van der Waals surface area contributed by atoms with Gasteiger partial charge in [0.1, 0.15) is 73.0 Å². The molecular weight excluding hydrogens is 1590 g/mol. The van der Waals surface area contributed by atoms with Crippen LogP contribution in [0.3, 0.4) is 0 Å². The molecule has 7 aliphatic rings. The average molecular weight is 1700 g/mol. The number of esters is 4. The van der Waals surface area contributed by atoms with E-state index in [2.05, 4.69) is 21.3 Å². The van der Waals surface area contributed by atoms with Gasteiger partial charge in [0.2, 0.25) is 23.6 Å². The third kappa shape index (κ3) is 33.2. The van der Waals surface area contributed by atoms with Gasteiger partial charge in [0, 0.05) is 52.4 Å². The first kappa shape index (κ1) is 94.5. The van der Waals surface area contributed by atoms with Gasteiger partial charge in [-0.2, -0.15) is 0 Å². The lowest BCUT2D eigenvalue weighted by atomic mass is 10.0. The fraction of sp³-hybridized carbons (Fsp3) is 0.375. The van der Waals surface area contributed by atoms with Crippen molar-refractivity contribution in [3.05, 3.63) is 285 Å². The largest absolute Gasteiger partial charge is 0.461 e. The first-order chi connectivity index (χ1) is 58.8. The monoisotopic (exact) mass is 1700 g/mol. The van der Waals surface area contributed by atoms with Crippen LogP contribution in [-0.4, -0.2) is 138 Å². The van der Waals surface area contributed by atoms with Crippen LogP contribution in [0, 0.1) is 0 Å². The smallest absolute Gasteiger partial charge is 0.408 e. The third-order valence-electron chi connectivity index (χ3n) is 18.7. The number of carbonyl (C=O) groups excluding carboxylic acids is 12. The Bertz CT molecular complexity index is 4200. The highest BCUT2D eigenvalue weighted by Gasteiger charge is 2.37. The van der Waals surface area contributed by atoms with Crippen LogP contribution in [0.2, 0.25) is 0 Å². The molecule has 0 aromatic heterocycles. The second kappa shape index (κ2) is 44.4. The Balaban J connectivity index is 1.15. The van der Waals surface area contributed by atoms with Gasteiger partial charge >= 0.3 is 48.3 Å². The summed E-state index contributed by atoms with van der Waals surface area (Å²) in [5, 5.41) is 10.6. The van der Waals surface area contributed by atoms with E-state index in [1.165, 1.54) is 19.6 Å². The van der Waals surface area contributed by atoms with E-state index >= 15 is 19.2 Å². The van der Waals surface area contributed by atoms with Crippen LogP contribution in [0.15, 0.2) is 218 Å². The van der Waals surface area contributed by atoms with Crippen LogP contribution < -0.4 is 21.3 Å². The lowest BCUT2D eigenvalue weighted by molar-refractivity contribution is -0.149. The summed E-state index contributed by atoms with van der Waals surface area (Å²) in [7, 11) is 0. The molecule has 0 saturated carbocycles. The summed E-state index contributed by atoms with van der Waals surface area (Å²) in [6.45, 7) is 18.0. The summed E-state index contributed by atoms with van der Waals surface area (Å²) < 4.78 is 45.4. The van der Waals surface area contributed by atoms with E-state index in [1.54, 1.807) is 277 Å². The summed E-state index contributed by atoms with van der Waals surface area (Å²) >= 11 is 0. The maximum atomic E-state index is 15.6. The van der Waals surface area contributed by atoms with Crippen molar-refractivity contribution < 1.29 is 95.4 Å². The molecule has 0 spiro atoms. The summed E-state index contributed by atoms with van der Waals surface area (Å²) in [4.78, 5) is 179. The van der Waals surface area contributed by atoms with Crippen molar-refractivity contribution in [3.63, 3.8) is 0 Å². The van der Waals surface area contributed by atoms with Gasteiger partial charge < -0.3 is 78.8 Å². The number of amides is 8. The summed E-state index contributed by atoms with van der Waals surface area (Å²) in [5.74, 6) is -6.10. The summed E-state index contributed by atoms with van der Waals surface area (Å²) in [5.41, 5.74) is 2.85. The zero-order valence-corrected chi connectivity index (χ0v) is 72.4. The molecule has 8 aromatic rings. The molecule has 28 heteroatoms. The minimum Gasteiger partial charge on any atom is -0.461 e. The van der Waals surface area contributed by atoms with E-state index in [0.717, 1.165) is 0 Å². The average Bonchev–Trinajstić information content (AvgIpc) is 0.830. The van der Waals surface area contributed by atoms with Gasteiger partial charge in [0.15, 0.2) is 0 Å². The summed E-state index contributed by atoms with van der Waals surface area (Å²) in [6.07, 6.45) is -6.43. The Kier molecular flexibility index (Phi) is 33.8. The maximum absolute atomic E-state index is 15.6. The highest BCUT2D eigenvalue weighted by molar-refractivity contribution is 5.93. The molecule has 15 rings (SSSR count). The summed E-state index contributed by atoms with van der Waals surface area (Å²) in [6, 6.07) is 57.1. The van der Waals surface area contributed by atoms with E-state index in [-0.39, 0.29) is 78.8 Å². The van der Waals surface area contributed by atoms with Crippen molar-refractivity contribution in [2.24, 2.45) is 0 Å². The quantitative estimate of drug-likeness (QED) is 0.0322. The number of ether oxygens (including phenoxy) is 8. The van der Waals surface area contributed by atoms with Gasteiger partial charge in [0.25, 0.3) is 0 Å². The lowest BCUT2D eigenvalue weighted by Crippen LogP contribution is -2.50. The number of alkyl carbamates (subject to hydrolysis) is 4. The molecule has 124 heavy (non-hydrogen) atoms. The minimum absolute atomic E-state index is 0.133. The maximum Gasteiger partial charge on any atom is 0.408 e. The Hall–Kier alpha value is -13.4. The third-order valence-corrected chi connectivity index (χ3v) is 18.7. The predicted molar refractivity (Wildman–Crippen MR) is 459 cm³/mol. The van der Waals surface area contributed by atoms with Crippen LogP contribution in [-0.2, 0) is 155 Å². The van der Waals surface area contributed by atoms with Gasteiger partial charge in [-0.25, -0.2) is 19.2 Å². The van der Waals surface area contributed by atoms with Crippen molar-refractivity contribution in [1.82, 2.24) is 40.9 Å². The molecule has 8 aromatic carbocycles. The molecule has 8 amide bonds. The number of nitrogens with zero attached hydrogens (tertiary/aromatic N) is 4. The number of carbonyl (C=O) groups is 12. The van der Waals surface area contributed by atoms with Gasteiger partial charge in [-0.3, -0.25) is 38.4 Å². The zero-order chi connectivity index (χ0) is 89.7. The Morgan fingerprint density at radius 3 is 0.524 bits per heavy atom. The predicted octanol–water partition coefficient (Wildman–Crippen LogP) is 14.2. The fourth-order valence-corrected chi connectivity index (χ4v) is 12.9. The molecular formula is C96H112N8O20. The standard InChI is InChI=1S/C96H112N8O20/c1-93(2,3)121-89(113)97-77(49-81(105)117-61-73-25-17-13-18-26-73)85(109)101-53-65-33-37-67(38-34-65)55-102(86(110)78(98-90(114)122-94(4,5)6)50-82(106)118-62-74-27-19-14-20-28-74)57-69-41-45-71(46-42-69)59-104(88(112)80(100-92(116)124-96(10,11)12)52-84(108)120-64-76-31-23-16-24-32-76)60-72-47-43-70(44-48-72)58-103(56-68-39-35-66(54-101)36-40-68)87(111)79(99-91(115)123-95(7,8)9)51-83(107)119-63-75-29-21-15-22-30-75/h13-48,77-80H,49-64H2,1-12H3,(H,97,113)(H,98,114)(H,99,115)(H,100,116)/t77-,78-,79-,80-/m1/s1. The van der Waals surface area contributed by atoms with Crippen LogP contribution in [0.1, 0.15) is 176 Å². The number of hydrogen-bond acceptors (Lipinski definition) is 20. The minimum atomic E-state index is -1.56. The molecule has 656 valence electrons. The Morgan fingerprint density at radius 2 is 0.387 bits per heavy atom. The van der Waals surface area contributed by atoms with E-state index in [1.807, 2.05) is 24.3 Å². The normalized spacial score (nSPS) is 13.8. The second-order valence-corrected chi connectivity index (χ2v) is 34.2. The van der Waals surface area contributed by atoms with Gasteiger partial charge in [-0.15, -0.1) is 0 Å². The van der Waals surface area contributed by atoms with Gasteiger partial charge in [-0.05, 0) is 150 Å². The van der Waals surface area contributed by atoms with Crippen molar-refractivity contribution in [1.29, 1.82) is 0 Å².